The lowest BCUT2D eigenvalue weighted by atomic mass is 10.2. The van der Waals surface area contributed by atoms with E-state index in [1.54, 1.807) is 18.9 Å². The van der Waals surface area contributed by atoms with E-state index < -0.39 is 4.75 Å². The minimum absolute atomic E-state index is 0.0980. The standard InChI is InChI=1S/C17H25N3O2S/c1-17(2,23-11-13-4-5-13)15(21)20-16(18)19-10-12-6-8-14(22-3)9-7-12/h6-9,13H,4-5,10-11H2,1-3H3,(H3,18,19,20,21). The summed E-state index contributed by atoms with van der Waals surface area (Å²) in [4.78, 5) is 16.5. The third-order valence-electron chi connectivity index (χ3n) is 3.76. The molecule has 0 aromatic heterocycles. The molecule has 1 aromatic carbocycles. The number of aliphatic imine (C=N–C) groups is 1. The topological polar surface area (TPSA) is 76.7 Å². The van der Waals surface area contributed by atoms with Crippen LogP contribution in [0.1, 0.15) is 32.3 Å². The van der Waals surface area contributed by atoms with Gasteiger partial charge in [0.15, 0.2) is 5.96 Å². The second-order valence-electron chi connectivity index (χ2n) is 6.27. The maximum Gasteiger partial charge on any atom is 0.242 e. The summed E-state index contributed by atoms with van der Waals surface area (Å²) < 4.78 is 4.61. The van der Waals surface area contributed by atoms with Gasteiger partial charge in [-0.05, 0) is 56.1 Å². The Morgan fingerprint density at radius 3 is 2.61 bits per heavy atom. The number of thioether (sulfide) groups is 1. The molecule has 0 radical (unpaired) electrons. The molecule has 0 aliphatic heterocycles. The van der Waals surface area contributed by atoms with Crippen LogP contribution in [0.3, 0.4) is 0 Å². The van der Waals surface area contributed by atoms with Crippen LogP contribution in [0.4, 0.5) is 0 Å². The third kappa shape index (κ3) is 5.78. The summed E-state index contributed by atoms with van der Waals surface area (Å²) in [6.45, 7) is 4.27. The first-order chi connectivity index (χ1) is 10.9. The fraction of sp³-hybridized carbons (Fsp3) is 0.529. The van der Waals surface area contributed by atoms with Crippen LogP contribution in [-0.2, 0) is 11.3 Å². The van der Waals surface area contributed by atoms with E-state index in [4.69, 9.17) is 10.5 Å². The van der Waals surface area contributed by atoms with Gasteiger partial charge < -0.3 is 10.5 Å². The quantitative estimate of drug-likeness (QED) is 0.593. The third-order valence-corrected chi connectivity index (χ3v) is 5.30. The van der Waals surface area contributed by atoms with Crippen LogP contribution in [-0.4, -0.2) is 29.5 Å². The molecule has 6 heteroatoms. The molecule has 0 spiro atoms. The summed E-state index contributed by atoms with van der Waals surface area (Å²) in [5, 5.41) is 2.70. The summed E-state index contributed by atoms with van der Waals surface area (Å²) in [6.07, 6.45) is 2.58. The molecule has 1 aliphatic carbocycles. The first-order valence-corrected chi connectivity index (χ1v) is 8.77. The number of nitrogens with two attached hydrogens (primary N) is 1. The number of carbonyl (C=O) groups excluding carboxylic acids is 1. The minimum atomic E-state index is -0.497. The van der Waals surface area contributed by atoms with Gasteiger partial charge in [0.2, 0.25) is 5.91 Å². The van der Waals surface area contributed by atoms with Crippen molar-refractivity contribution < 1.29 is 9.53 Å². The van der Waals surface area contributed by atoms with Crippen molar-refractivity contribution in [2.75, 3.05) is 12.9 Å². The summed E-state index contributed by atoms with van der Waals surface area (Å²) >= 11 is 1.68. The molecular formula is C17H25N3O2S. The van der Waals surface area contributed by atoms with E-state index in [2.05, 4.69) is 10.3 Å². The maximum absolute atomic E-state index is 12.3. The number of carbonyl (C=O) groups is 1. The number of ether oxygens (including phenoxy) is 1. The van der Waals surface area contributed by atoms with Crippen molar-refractivity contribution in [2.45, 2.75) is 38.0 Å². The number of amides is 1. The average molecular weight is 335 g/mol. The maximum atomic E-state index is 12.3. The first kappa shape index (κ1) is 17.7. The van der Waals surface area contributed by atoms with Gasteiger partial charge in [-0.25, -0.2) is 4.99 Å². The molecule has 1 aliphatic rings. The zero-order valence-corrected chi connectivity index (χ0v) is 14.8. The summed E-state index contributed by atoms with van der Waals surface area (Å²) in [6, 6.07) is 7.59. The van der Waals surface area contributed by atoms with Crippen molar-refractivity contribution in [3.8, 4) is 5.75 Å². The number of guanidine groups is 1. The molecule has 126 valence electrons. The fourth-order valence-corrected chi connectivity index (χ4v) is 3.06. The number of methoxy groups -OCH3 is 1. The number of hydrogen-bond donors (Lipinski definition) is 2. The summed E-state index contributed by atoms with van der Waals surface area (Å²) in [5.41, 5.74) is 6.83. The number of nitrogens with zero attached hydrogens (tertiary/aromatic N) is 1. The number of nitrogens with one attached hydrogen (secondary N) is 1. The van der Waals surface area contributed by atoms with Crippen LogP contribution in [0.15, 0.2) is 29.3 Å². The fourth-order valence-electron chi connectivity index (χ4n) is 1.89. The predicted molar refractivity (Wildman–Crippen MR) is 95.7 cm³/mol. The first-order valence-electron chi connectivity index (χ1n) is 7.79. The van der Waals surface area contributed by atoms with E-state index in [1.165, 1.54) is 12.8 Å². The Kier molecular flexibility index (Phi) is 5.93. The molecule has 0 bridgehead atoms. The number of benzene rings is 1. The number of rotatable bonds is 7. The normalized spacial score (nSPS) is 15.3. The highest BCUT2D eigenvalue weighted by molar-refractivity contribution is 8.01. The molecule has 0 saturated heterocycles. The van der Waals surface area contributed by atoms with Crippen LogP contribution < -0.4 is 15.8 Å². The predicted octanol–water partition coefficient (Wildman–Crippen LogP) is 2.55. The van der Waals surface area contributed by atoms with Gasteiger partial charge in [-0.15, -0.1) is 11.8 Å². The van der Waals surface area contributed by atoms with Crippen LogP contribution >= 0.6 is 11.8 Å². The van der Waals surface area contributed by atoms with Crippen LogP contribution in [0.2, 0.25) is 0 Å². The van der Waals surface area contributed by atoms with Gasteiger partial charge in [0, 0.05) is 0 Å². The lowest BCUT2D eigenvalue weighted by molar-refractivity contribution is -0.121. The molecule has 0 unspecified atom stereocenters. The van der Waals surface area contributed by atoms with E-state index in [0.717, 1.165) is 23.0 Å². The van der Waals surface area contributed by atoms with E-state index in [0.29, 0.717) is 6.54 Å². The van der Waals surface area contributed by atoms with E-state index in [9.17, 15) is 4.79 Å². The molecule has 5 nitrogen and oxygen atoms in total. The van der Waals surface area contributed by atoms with Crippen molar-refractivity contribution in [1.82, 2.24) is 5.32 Å². The smallest absolute Gasteiger partial charge is 0.242 e. The Balaban J connectivity index is 1.83. The van der Waals surface area contributed by atoms with Gasteiger partial charge in [0.1, 0.15) is 5.75 Å². The highest BCUT2D eigenvalue weighted by atomic mass is 32.2. The largest absolute Gasteiger partial charge is 0.497 e. The molecule has 0 atom stereocenters. The van der Waals surface area contributed by atoms with Gasteiger partial charge in [0.05, 0.1) is 18.4 Å². The summed E-state index contributed by atoms with van der Waals surface area (Å²) in [7, 11) is 1.63. The van der Waals surface area contributed by atoms with Crippen molar-refractivity contribution in [3.05, 3.63) is 29.8 Å². The molecule has 2 rings (SSSR count). The van der Waals surface area contributed by atoms with Gasteiger partial charge in [0.25, 0.3) is 0 Å². The summed E-state index contributed by atoms with van der Waals surface area (Å²) in [5.74, 6) is 2.68. The Labute approximate surface area is 142 Å². The van der Waals surface area contributed by atoms with E-state index in [1.807, 2.05) is 38.1 Å². The van der Waals surface area contributed by atoms with Crippen molar-refractivity contribution in [2.24, 2.45) is 16.6 Å². The molecule has 1 aromatic rings. The molecular weight excluding hydrogens is 310 g/mol. The van der Waals surface area contributed by atoms with Crippen LogP contribution in [0.25, 0.3) is 0 Å². The minimum Gasteiger partial charge on any atom is -0.497 e. The van der Waals surface area contributed by atoms with Gasteiger partial charge in [-0.3, -0.25) is 10.1 Å². The highest BCUT2D eigenvalue weighted by Gasteiger charge is 2.32. The average Bonchev–Trinajstić information content (AvgIpc) is 3.36. The second kappa shape index (κ2) is 7.73. The zero-order valence-electron chi connectivity index (χ0n) is 14.0. The van der Waals surface area contributed by atoms with Gasteiger partial charge in [-0.2, -0.15) is 0 Å². The highest BCUT2D eigenvalue weighted by Crippen LogP contribution is 2.37. The molecule has 0 heterocycles. The van der Waals surface area contributed by atoms with E-state index in [-0.39, 0.29) is 11.9 Å². The zero-order chi connectivity index (χ0) is 16.9. The lowest BCUT2D eigenvalue weighted by Crippen LogP contribution is -2.46. The van der Waals surface area contributed by atoms with Crippen molar-refractivity contribution >= 4 is 23.6 Å². The van der Waals surface area contributed by atoms with Crippen LogP contribution in [0.5, 0.6) is 5.75 Å². The Hall–Kier alpha value is -1.69. The van der Waals surface area contributed by atoms with Gasteiger partial charge in [-0.1, -0.05) is 12.1 Å². The van der Waals surface area contributed by atoms with Crippen LogP contribution in [0, 0.1) is 5.92 Å². The Morgan fingerprint density at radius 1 is 1.39 bits per heavy atom. The molecule has 3 N–H and O–H groups in total. The molecule has 1 fully saturated rings. The Bertz CT molecular complexity index is 566. The van der Waals surface area contributed by atoms with Crippen molar-refractivity contribution in [1.29, 1.82) is 0 Å². The number of hydrogen-bond acceptors (Lipinski definition) is 4. The second-order valence-corrected chi connectivity index (χ2v) is 7.91. The Morgan fingerprint density at radius 2 is 2.04 bits per heavy atom. The SMILES string of the molecule is COc1ccc(CN=C(N)NC(=O)C(C)(C)SCC2CC2)cc1. The molecule has 1 amide bonds. The molecule has 23 heavy (non-hydrogen) atoms. The lowest BCUT2D eigenvalue weighted by Gasteiger charge is -2.22. The molecule has 1 saturated carbocycles. The monoisotopic (exact) mass is 335 g/mol. The van der Waals surface area contributed by atoms with E-state index >= 15 is 0 Å². The van der Waals surface area contributed by atoms with Gasteiger partial charge >= 0.3 is 0 Å². The van der Waals surface area contributed by atoms with Crippen molar-refractivity contribution in [3.63, 3.8) is 0 Å².